The highest BCUT2D eigenvalue weighted by Crippen LogP contribution is 2.31. The molecule has 1 amide bonds. The van der Waals surface area contributed by atoms with Gasteiger partial charge in [0.2, 0.25) is 5.91 Å². The predicted octanol–water partition coefficient (Wildman–Crippen LogP) is 1.68. The van der Waals surface area contributed by atoms with Gasteiger partial charge in [-0.2, -0.15) is 0 Å². The van der Waals surface area contributed by atoms with Crippen molar-refractivity contribution in [1.29, 1.82) is 0 Å². The topological polar surface area (TPSA) is 60.9 Å². The zero-order valence-electron chi connectivity index (χ0n) is 13.2. The summed E-state index contributed by atoms with van der Waals surface area (Å²) in [6.45, 7) is 6.51. The summed E-state index contributed by atoms with van der Waals surface area (Å²) in [5.74, 6) is -0.396. The fourth-order valence-corrected chi connectivity index (χ4v) is 2.97. The molecule has 1 fully saturated rings. The van der Waals surface area contributed by atoms with Crippen LogP contribution in [-0.4, -0.2) is 60.5 Å². The normalized spacial score (nSPS) is 20.1. The molecule has 0 aromatic heterocycles. The summed E-state index contributed by atoms with van der Waals surface area (Å²) in [4.78, 5) is 27.7. The Balaban J connectivity index is 2.58. The Morgan fingerprint density at radius 2 is 1.95 bits per heavy atom. The van der Waals surface area contributed by atoms with Crippen LogP contribution in [0.1, 0.15) is 39.5 Å². The highest BCUT2D eigenvalue weighted by molar-refractivity contribution is 5.84. The molecule has 1 heterocycles. The van der Waals surface area contributed by atoms with Crippen LogP contribution in [0.15, 0.2) is 0 Å². The predicted molar refractivity (Wildman–Crippen MR) is 78.5 cm³/mol. The quantitative estimate of drug-likeness (QED) is 0.772. The molecular formula is C15H28N2O3. The summed E-state index contributed by atoms with van der Waals surface area (Å²) in [5.41, 5.74) is -0.905. The molecule has 1 aliphatic rings. The Bertz CT molecular complexity index is 353. The molecule has 0 spiro atoms. The van der Waals surface area contributed by atoms with E-state index in [-0.39, 0.29) is 12.3 Å². The molecule has 0 bridgehead atoms. The Kier molecular flexibility index (Phi) is 5.99. The highest BCUT2D eigenvalue weighted by atomic mass is 16.4. The van der Waals surface area contributed by atoms with Crippen LogP contribution in [0.4, 0.5) is 0 Å². The second-order valence-corrected chi connectivity index (χ2v) is 6.16. The van der Waals surface area contributed by atoms with Gasteiger partial charge in [0.1, 0.15) is 0 Å². The Labute approximate surface area is 121 Å². The SMILES string of the molecule is CCC(CC)(CC(=O)N(C)CC1CCN(C)C1)C(=O)O. The monoisotopic (exact) mass is 284 g/mol. The maximum absolute atomic E-state index is 12.3. The molecule has 1 unspecified atom stereocenters. The summed E-state index contributed by atoms with van der Waals surface area (Å²) >= 11 is 0. The van der Waals surface area contributed by atoms with E-state index < -0.39 is 11.4 Å². The average Bonchev–Trinajstić information content (AvgIpc) is 2.80. The zero-order valence-corrected chi connectivity index (χ0v) is 13.2. The van der Waals surface area contributed by atoms with Gasteiger partial charge in [-0.05, 0) is 38.8 Å². The van der Waals surface area contributed by atoms with E-state index in [4.69, 9.17) is 0 Å². The van der Waals surface area contributed by atoms with Crippen molar-refractivity contribution in [3.63, 3.8) is 0 Å². The van der Waals surface area contributed by atoms with E-state index in [2.05, 4.69) is 11.9 Å². The maximum atomic E-state index is 12.3. The first kappa shape index (κ1) is 17.0. The van der Waals surface area contributed by atoms with Crippen LogP contribution in [0.25, 0.3) is 0 Å². The van der Waals surface area contributed by atoms with Crippen molar-refractivity contribution in [3.8, 4) is 0 Å². The Morgan fingerprint density at radius 3 is 2.35 bits per heavy atom. The minimum atomic E-state index is -0.905. The summed E-state index contributed by atoms with van der Waals surface area (Å²) in [5, 5.41) is 9.40. The summed E-state index contributed by atoms with van der Waals surface area (Å²) in [7, 11) is 3.88. The van der Waals surface area contributed by atoms with Crippen molar-refractivity contribution in [3.05, 3.63) is 0 Å². The number of aliphatic carboxylic acids is 1. The summed E-state index contributed by atoms with van der Waals surface area (Å²) < 4.78 is 0. The molecule has 1 rings (SSSR count). The lowest BCUT2D eigenvalue weighted by Crippen LogP contribution is -2.39. The van der Waals surface area contributed by atoms with Gasteiger partial charge in [0.25, 0.3) is 0 Å². The first-order valence-corrected chi connectivity index (χ1v) is 7.50. The molecule has 1 N–H and O–H groups in total. The standard InChI is InChI=1S/C15H28N2O3/c1-5-15(6-2,14(19)20)9-13(18)17(4)11-12-7-8-16(3)10-12/h12H,5-11H2,1-4H3,(H,19,20). The molecule has 1 atom stereocenters. The van der Waals surface area contributed by atoms with E-state index in [1.165, 1.54) is 0 Å². The third kappa shape index (κ3) is 3.95. The van der Waals surface area contributed by atoms with Crippen LogP contribution < -0.4 is 0 Å². The first-order valence-electron chi connectivity index (χ1n) is 7.50. The number of nitrogens with zero attached hydrogens (tertiary/aromatic N) is 2. The summed E-state index contributed by atoms with van der Waals surface area (Å²) in [6, 6.07) is 0. The van der Waals surface area contributed by atoms with Crippen LogP contribution in [0.3, 0.4) is 0 Å². The molecule has 0 aromatic rings. The van der Waals surface area contributed by atoms with Crippen LogP contribution >= 0.6 is 0 Å². The van der Waals surface area contributed by atoms with Gasteiger partial charge < -0.3 is 14.9 Å². The third-order valence-corrected chi connectivity index (χ3v) is 4.74. The van der Waals surface area contributed by atoms with Crippen molar-refractivity contribution in [1.82, 2.24) is 9.80 Å². The third-order valence-electron chi connectivity index (χ3n) is 4.74. The fraction of sp³-hybridized carbons (Fsp3) is 0.867. The van der Waals surface area contributed by atoms with Crippen molar-refractivity contribution < 1.29 is 14.7 Å². The van der Waals surface area contributed by atoms with Gasteiger partial charge in [-0.25, -0.2) is 0 Å². The number of likely N-dealkylation sites (tertiary alicyclic amines) is 1. The lowest BCUT2D eigenvalue weighted by atomic mass is 9.79. The van der Waals surface area contributed by atoms with E-state index in [1.54, 1.807) is 11.9 Å². The minimum Gasteiger partial charge on any atom is -0.481 e. The number of carboxylic acids is 1. The number of rotatable bonds is 7. The molecule has 1 aliphatic heterocycles. The van der Waals surface area contributed by atoms with Crippen molar-refractivity contribution in [2.24, 2.45) is 11.3 Å². The van der Waals surface area contributed by atoms with Crippen molar-refractivity contribution >= 4 is 11.9 Å². The number of amides is 1. The van der Waals surface area contributed by atoms with Gasteiger partial charge >= 0.3 is 5.97 Å². The van der Waals surface area contributed by atoms with E-state index in [0.717, 1.165) is 26.1 Å². The maximum Gasteiger partial charge on any atom is 0.310 e. The molecule has 5 heteroatoms. The van der Waals surface area contributed by atoms with Crippen LogP contribution in [-0.2, 0) is 9.59 Å². The lowest BCUT2D eigenvalue weighted by molar-refractivity contribution is -0.154. The summed E-state index contributed by atoms with van der Waals surface area (Å²) in [6.07, 6.45) is 2.20. The Morgan fingerprint density at radius 1 is 1.35 bits per heavy atom. The number of hydrogen-bond donors (Lipinski definition) is 1. The van der Waals surface area contributed by atoms with Crippen molar-refractivity contribution in [2.45, 2.75) is 39.5 Å². The molecule has 5 nitrogen and oxygen atoms in total. The van der Waals surface area contributed by atoms with E-state index in [0.29, 0.717) is 18.8 Å². The molecule has 0 saturated carbocycles. The van der Waals surface area contributed by atoms with Gasteiger partial charge in [0, 0.05) is 26.6 Å². The largest absolute Gasteiger partial charge is 0.481 e. The average molecular weight is 284 g/mol. The second-order valence-electron chi connectivity index (χ2n) is 6.16. The zero-order chi connectivity index (χ0) is 15.3. The molecule has 0 aromatic carbocycles. The number of carbonyl (C=O) groups excluding carboxylic acids is 1. The fourth-order valence-electron chi connectivity index (χ4n) is 2.97. The second kappa shape index (κ2) is 7.07. The first-order chi connectivity index (χ1) is 9.34. The van der Waals surface area contributed by atoms with Gasteiger partial charge in [0.15, 0.2) is 0 Å². The van der Waals surface area contributed by atoms with Crippen molar-refractivity contribution in [2.75, 3.05) is 33.7 Å². The molecule has 0 aliphatic carbocycles. The molecule has 116 valence electrons. The van der Waals surface area contributed by atoms with Gasteiger partial charge in [-0.3, -0.25) is 9.59 Å². The number of carboxylic acid groups (broad SMARTS) is 1. The van der Waals surface area contributed by atoms with Gasteiger partial charge in [-0.15, -0.1) is 0 Å². The van der Waals surface area contributed by atoms with Crippen LogP contribution in [0.2, 0.25) is 0 Å². The number of hydrogen-bond acceptors (Lipinski definition) is 3. The van der Waals surface area contributed by atoms with E-state index in [1.807, 2.05) is 13.8 Å². The smallest absolute Gasteiger partial charge is 0.310 e. The number of carbonyl (C=O) groups is 2. The van der Waals surface area contributed by atoms with Crippen LogP contribution in [0.5, 0.6) is 0 Å². The van der Waals surface area contributed by atoms with Crippen LogP contribution in [0, 0.1) is 11.3 Å². The molecule has 0 radical (unpaired) electrons. The highest BCUT2D eigenvalue weighted by Gasteiger charge is 2.38. The Hall–Kier alpha value is -1.10. The lowest BCUT2D eigenvalue weighted by Gasteiger charge is -2.29. The van der Waals surface area contributed by atoms with Gasteiger partial charge in [0.05, 0.1) is 5.41 Å². The molecular weight excluding hydrogens is 256 g/mol. The van der Waals surface area contributed by atoms with E-state index >= 15 is 0 Å². The molecule has 1 saturated heterocycles. The molecule has 20 heavy (non-hydrogen) atoms. The van der Waals surface area contributed by atoms with Gasteiger partial charge in [-0.1, -0.05) is 13.8 Å². The van der Waals surface area contributed by atoms with E-state index in [9.17, 15) is 14.7 Å². The minimum absolute atomic E-state index is 0.0503.